The maximum absolute atomic E-state index is 6.16. The van der Waals surface area contributed by atoms with Crippen LogP contribution in [-0.4, -0.2) is 13.1 Å². The van der Waals surface area contributed by atoms with Gasteiger partial charge < -0.3 is 4.90 Å². The summed E-state index contributed by atoms with van der Waals surface area (Å²) in [5.74, 6) is 0.872. The van der Waals surface area contributed by atoms with Crippen LogP contribution in [-0.2, 0) is 0 Å². The topological polar surface area (TPSA) is 3.24 Å². The number of benzene rings is 1. The lowest BCUT2D eigenvalue weighted by atomic mass is 9.94. The van der Waals surface area contributed by atoms with E-state index in [9.17, 15) is 0 Å². The van der Waals surface area contributed by atoms with Gasteiger partial charge in [-0.3, -0.25) is 0 Å². The first-order valence-electron chi connectivity index (χ1n) is 5.82. The number of rotatable bonds is 3. The predicted molar refractivity (Wildman–Crippen MR) is 74.5 cm³/mol. The molecule has 0 amide bonds. The fourth-order valence-corrected chi connectivity index (χ4v) is 3.10. The minimum Gasteiger partial charge on any atom is -0.370 e. The van der Waals surface area contributed by atoms with E-state index >= 15 is 0 Å². The Kier molecular flexibility index (Phi) is 3.81. The highest BCUT2D eigenvalue weighted by Gasteiger charge is 2.27. The minimum absolute atomic E-state index is 0.858. The molecule has 3 heteroatoms. The van der Waals surface area contributed by atoms with Gasteiger partial charge in [-0.1, -0.05) is 24.9 Å². The van der Waals surface area contributed by atoms with Gasteiger partial charge in [-0.05, 0) is 52.9 Å². The van der Waals surface area contributed by atoms with Gasteiger partial charge in [0.1, 0.15) is 0 Å². The zero-order valence-corrected chi connectivity index (χ0v) is 12.1. The summed E-state index contributed by atoms with van der Waals surface area (Å²) in [7, 11) is 0. The molecule has 0 bridgehead atoms. The summed E-state index contributed by atoms with van der Waals surface area (Å²) in [6.07, 6.45) is 2.63. The summed E-state index contributed by atoms with van der Waals surface area (Å²) >= 11 is 9.78. The number of nitrogens with zero attached hydrogens (tertiary/aromatic N) is 1. The third kappa shape index (κ3) is 2.38. The summed E-state index contributed by atoms with van der Waals surface area (Å²) in [6.45, 7) is 6.63. The molecule has 1 aliphatic heterocycles. The predicted octanol–water partition coefficient (Wildman–Crippen LogP) is 4.65. The fraction of sp³-hybridized carbons (Fsp3) is 0.538. The average molecular weight is 303 g/mol. The molecule has 1 saturated heterocycles. The standard InChI is InChI=1S/C13H17BrClN/c1-3-4-10-7-16(8-10)13-6-12(15)9(2)5-11(13)14/h5-6,10H,3-4,7-8H2,1-2H3. The minimum atomic E-state index is 0.858. The highest BCUT2D eigenvalue weighted by molar-refractivity contribution is 9.10. The Hall–Kier alpha value is -0.210. The van der Waals surface area contributed by atoms with E-state index in [0.29, 0.717) is 0 Å². The first kappa shape index (κ1) is 12.3. The smallest absolute Gasteiger partial charge is 0.0525 e. The molecule has 0 unspecified atom stereocenters. The molecule has 0 N–H and O–H groups in total. The number of halogens is 2. The summed E-state index contributed by atoms with van der Waals surface area (Å²) in [4.78, 5) is 2.40. The van der Waals surface area contributed by atoms with E-state index in [1.165, 1.54) is 31.6 Å². The molecular formula is C13H17BrClN. The summed E-state index contributed by atoms with van der Waals surface area (Å²) in [5, 5.41) is 0.858. The van der Waals surface area contributed by atoms with Crippen LogP contribution >= 0.6 is 27.5 Å². The lowest BCUT2D eigenvalue weighted by Crippen LogP contribution is -2.46. The van der Waals surface area contributed by atoms with E-state index in [2.05, 4.69) is 39.9 Å². The molecule has 0 radical (unpaired) electrons. The van der Waals surface area contributed by atoms with Crippen LogP contribution in [0.25, 0.3) is 0 Å². The van der Waals surface area contributed by atoms with Gasteiger partial charge in [-0.15, -0.1) is 0 Å². The van der Waals surface area contributed by atoms with Crippen molar-refractivity contribution in [3.63, 3.8) is 0 Å². The molecule has 1 aromatic rings. The van der Waals surface area contributed by atoms with Crippen LogP contribution in [0.5, 0.6) is 0 Å². The molecule has 0 atom stereocenters. The van der Waals surface area contributed by atoms with Crippen molar-refractivity contribution < 1.29 is 0 Å². The Balaban J connectivity index is 2.09. The monoisotopic (exact) mass is 301 g/mol. The van der Waals surface area contributed by atoms with Crippen molar-refractivity contribution in [2.75, 3.05) is 18.0 Å². The van der Waals surface area contributed by atoms with Crippen LogP contribution < -0.4 is 4.90 Å². The summed E-state index contributed by atoms with van der Waals surface area (Å²) < 4.78 is 1.16. The second kappa shape index (κ2) is 4.97. The third-order valence-corrected chi connectivity index (χ3v) is 4.27. The SMILES string of the molecule is CCCC1CN(c2cc(Cl)c(C)cc2Br)C1. The van der Waals surface area contributed by atoms with Crippen LogP contribution in [0, 0.1) is 12.8 Å². The van der Waals surface area contributed by atoms with Crippen molar-refractivity contribution in [3.8, 4) is 0 Å². The van der Waals surface area contributed by atoms with E-state index < -0.39 is 0 Å². The Morgan fingerprint density at radius 2 is 2.12 bits per heavy atom. The van der Waals surface area contributed by atoms with E-state index in [1.807, 2.05) is 6.92 Å². The van der Waals surface area contributed by atoms with Crippen molar-refractivity contribution in [2.45, 2.75) is 26.7 Å². The van der Waals surface area contributed by atoms with Crippen LogP contribution in [0.1, 0.15) is 25.3 Å². The van der Waals surface area contributed by atoms with E-state index in [1.54, 1.807) is 0 Å². The molecular weight excluding hydrogens is 286 g/mol. The summed E-state index contributed by atoms with van der Waals surface area (Å²) in [5.41, 5.74) is 2.37. The Morgan fingerprint density at radius 1 is 1.44 bits per heavy atom. The van der Waals surface area contributed by atoms with Crippen molar-refractivity contribution in [1.29, 1.82) is 0 Å². The number of aryl methyl sites for hydroxylation is 1. The van der Waals surface area contributed by atoms with Crippen molar-refractivity contribution in [2.24, 2.45) is 5.92 Å². The molecule has 1 aromatic carbocycles. The first-order chi connectivity index (χ1) is 7.61. The molecule has 1 fully saturated rings. The molecule has 16 heavy (non-hydrogen) atoms. The second-order valence-corrected chi connectivity index (χ2v) is 5.87. The number of hydrogen-bond acceptors (Lipinski definition) is 1. The zero-order chi connectivity index (χ0) is 11.7. The molecule has 0 aliphatic carbocycles. The Morgan fingerprint density at radius 3 is 2.75 bits per heavy atom. The summed E-state index contributed by atoms with van der Waals surface area (Å²) in [6, 6.07) is 4.17. The van der Waals surface area contributed by atoms with Gasteiger partial charge in [-0.2, -0.15) is 0 Å². The van der Waals surface area contributed by atoms with Gasteiger partial charge in [0.2, 0.25) is 0 Å². The van der Waals surface area contributed by atoms with Crippen LogP contribution in [0.15, 0.2) is 16.6 Å². The van der Waals surface area contributed by atoms with Gasteiger partial charge in [0.15, 0.2) is 0 Å². The highest BCUT2D eigenvalue weighted by Crippen LogP contribution is 2.36. The maximum atomic E-state index is 6.16. The molecule has 0 saturated carbocycles. The molecule has 1 nitrogen and oxygen atoms in total. The normalized spacial score (nSPS) is 16.4. The average Bonchev–Trinajstić information content (AvgIpc) is 2.17. The van der Waals surface area contributed by atoms with Gasteiger partial charge in [-0.25, -0.2) is 0 Å². The lowest BCUT2D eigenvalue weighted by molar-refractivity contribution is 0.380. The number of anilines is 1. The van der Waals surface area contributed by atoms with Crippen molar-refractivity contribution >= 4 is 33.2 Å². The van der Waals surface area contributed by atoms with Crippen molar-refractivity contribution in [1.82, 2.24) is 0 Å². The highest BCUT2D eigenvalue weighted by atomic mass is 79.9. The van der Waals surface area contributed by atoms with Crippen LogP contribution in [0.3, 0.4) is 0 Å². The van der Waals surface area contributed by atoms with Gasteiger partial charge in [0.05, 0.1) is 5.69 Å². The van der Waals surface area contributed by atoms with Crippen molar-refractivity contribution in [3.05, 3.63) is 27.2 Å². The molecule has 2 rings (SSSR count). The van der Waals surface area contributed by atoms with E-state index in [4.69, 9.17) is 11.6 Å². The van der Waals surface area contributed by atoms with Gasteiger partial charge in [0, 0.05) is 22.6 Å². The molecule has 0 spiro atoms. The van der Waals surface area contributed by atoms with E-state index in [-0.39, 0.29) is 0 Å². The molecule has 1 aliphatic rings. The zero-order valence-electron chi connectivity index (χ0n) is 9.76. The first-order valence-corrected chi connectivity index (χ1v) is 6.99. The molecule has 0 aromatic heterocycles. The third-order valence-electron chi connectivity index (χ3n) is 3.22. The van der Waals surface area contributed by atoms with Gasteiger partial charge in [0.25, 0.3) is 0 Å². The maximum Gasteiger partial charge on any atom is 0.0525 e. The van der Waals surface area contributed by atoms with Crippen LogP contribution in [0.4, 0.5) is 5.69 Å². The van der Waals surface area contributed by atoms with Gasteiger partial charge >= 0.3 is 0 Å². The molecule has 1 heterocycles. The molecule has 88 valence electrons. The fourth-order valence-electron chi connectivity index (χ4n) is 2.24. The van der Waals surface area contributed by atoms with Crippen LogP contribution in [0.2, 0.25) is 5.02 Å². The number of hydrogen-bond donors (Lipinski definition) is 0. The lowest BCUT2D eigenvalue weighted by Gasteiger charge is -2.41. The quantitative estimate of drug-likeness (QED) is 0.786. The largest absolute Gasteiger partial charge is 0.370 e. The Labute approximate surface area is 111 Å². The Bertz CT molecular complexity index is 386. The second-order valence-electron chi connectivity index (χ2n) is 4.61. The van der Waals surface area contributed by atoms with E-state index in [0.717, 1.165) is 21.0 Å².